The van der Waals surface area contributed by atoms with Crippen molar-refractivity contribution in [3.05, 3.63) is 47.0 Å². The van der Waals surface area contributed by atoms with Gasteiger partial charge in [0.15, 0.2) is 5.13 Å². The van der Waals surface area contributed by atoms with Crippen LogP contribution in [0.25, 0.3) is 6.08 Å². The molecular weight excluding hydrogens is 230 g/mol. The molecule has 0 spiro atoms. The highest BCUT2D eigenvalue weighted by atomic mass is 32.1. The molecule has 4 heteroatoms. The Hall–Kier alpha value is -2.12. The topological polar surface area (TPSA) is 48.7 Å². The number of hydrogen-bond acceptors (Lipinski definition) is 4. The van der Waals surface area contributed by atoms with Crippen molar-refractivity contribution in [1.29, 1.82) is 5.26 Å². The third-order valence-electron chi connectivity index (χ3n) is 2.29. The predicted octanol–water partition coefficient (Wildman–Crippen LogP) is 3.71. The first kappa shape index (κ1) is 11.4. The second-order valence-electron chi connectivity index (χ2n) is 3.48. The van der Waals surface area contributed by atoms with Crippen LogP contribution in [0.1, 0.15) is 16.1 Å². The van der Waals surface area contributed by atoms with Gasteiger partial charge >= 0.3 is 0 Å². The Kier molecular flexibility index (Phi) is 3.22. The molecule has 0 amide bonds. The number of thiazole rings is 1. The summed E-state index contributed by atoms with van der Waals surface area (Å²) in [5, 5.41) is 12.7. The van der Waals surface area contributed by atoms with E-state index in [0.717, 1.165) is 21.4 Å². The van der Waals surface area contributed by atoms with Crippen molar-refractivity contribution in [2.45, 2.75) is 6.92 Å². The maximum Gasteiger partial charge on any atom is 0.187 e. The summed E-state index contributed by atoms with van der Waals surface area (Å²) in [6.07, 6.45) is 1.75. The fraction of sp³-hybridized carbons (Fsp3) is 0.0769. The highest BCUT2D eigenvalue weighted by Crippen LogP contribution is 2.25. The maximum atomic E-state index is 8.70. The van der Waals surface area contributed by atoms with Crippen LogP contribution < -0.4 is 5.32 Å². The van der Waals surface area contributed by atoms with Crippen molar-refractivity contribution < 1.29 is 0 Å². The Balaban J connectivity index is 2.19. The van der Waals surface area contributed by atoms with Gasteiger partial charge in [-0.1, -0.05) is 6.58 Å². The number of nitriles is 1. The van der Waals surface area contributed by atoms with Crippen molar-refractivity contribution in [1.82, 2.24) is 4.98 Å². The lowest BCUT2D eigenvalue weighted by molar-refractivity contribution is 1.33. The van der Waals surface area contributed by atoms with E-state index in [1.807, 2.05) is 19.1 Å². The average molecular weight is 241 g/mol. The smallest absolute Gasteiger partial charge is 0.187 e. The molecule has 2 rings (SSSR count). The molecule has 0 unspecified atom stereocenters. The highest BCUT2D eigenvalue weighted by molar-refractivity contribution is 7.15. The predicted molar refractivity (Wildman–Crippen MR) is 71.4 cm³/mol. The van der Waals surface area contributed by atoms with Gasteiger partial charge in [-0.15, -0.1) is 11.3 Å². The van der Waals surface area contributed by atoms with Gasteiger partial charge < -0.3 is 5.32 Å². The molecule has 0 atom stereocenters. The molecule has 0 saturated heterocycles. The van der Waals surface area contributed by atoms with E-state index in [1.165, 1.54) is 0 Å². The third kappa shape index (κ3) is 2.52. The first-order chi connectivity index (χ1) is 8.22. The molecular formula is C13H11N3S. The lowest BCUT2D eigenvalue weighted by Gasteiger charge is -2.01. The summed E-state index contributed by atoms with van der Waals surface area (Å²) in [6, 6.07) is 9.36. The number of hydrogen-bond donors (Lipinski definition) is 1. The standard InChI is InChI=1S/C13H11N3S/c1-3-12-9(2)17-13(16-12)15-11-6-4-10(8-14)5-7-11/h3-7H,1H2,2H3,(H,15,16). The van der Waals surface area contributed by atoms with Crippen LogP contribution in [0.5, 0.6) is 0 Å². The molecule has 0 fully saturated rings. The van der Waals surface area contributed by atoms with E-state index in [0.29, 0.717) is 5.56 Å². The van der Waals surface area contributed by atoms with E-state index < -0.39 is 0 Å². The molecule has 1 aromatic carbocycles. The molecule has 1 aromatic heterocycles. The Bertz CT molecular complexity index is 576. The van der Waals surface area contributed by atoms with Crippen molar-refractivity contribution >= 4 is 28.2 Å². The van der Waals surface area contributed by atoms with Crippen LogP contribution in [0.15, 0.2) is 30.8 Å². The number of nitrogens with zero attached hydrogens (tertiary/aromatic N) is 2. The Morgan fingerprint density at radius 1 is 1.41 bits per heavy atom. The summed E-state index contributed by atoms with van der Waals surface area (Å²) in [5.74, 6) is 0. The van der Waals surface area contributed by atoms with E-state index in [2.05, 4.69) is 22.9 Å². The fourth-order valence-corrected chi connectivity index (χ4v) is 2.24. The van der Waals surface area contributed by atoms with Crippen LogP contribution in [0.2, 0.25) is 0 Å². The monoisotopic (exact) mass is 241 g/mol. The van der Waals surface area contributed by atoms with Crippen LogP contribution in [0.4, 0.5) is 10.8 Å². The highest BCUT2D eigenvalue weighted by Gasteiger charge is 2.04. The molecule has 3 nitrogen and oxygen atoms in total. The summed E-state index contributed by atoms with van der Waals surface area (Å²) in [6.45, 7) is 5.73. The van der Waals surface area contributed by atoms with E-state index in [4.69, 9.17) is 5.26 Å². The largest absolute Gasteiger partial charge is 0.332 e. The van der Waals surface area contributed by atoms with Crippen LogP contribution in [0, 0.1) is 18.3 Å². The second kappa shape index (κ2) is 4.81. The summed E-state index contributed by atoms with van der Waals surface area (Å²) in [4.78, 5) is 5.53. The lowest BCUT2D eigenvalue weighted by atomic mass is 10.2. The van der Waals surface area contributed by atoms with Gasteiger partial charge in [0.25, 0.3) is 0 Å². The average Bonchev–Trinajstić information content (AvgIpc) is 2.70. The molecule has 0 saturated carbocycles. The zero-order valence-corrected chi connectivity index (χ0v) is 10.2. The van der Waals surface area contributed by atoms with E-state index in [-0.39, 0.29) is 0 Å². The van der Waals surface area contributed by atoms with Gasteiger partial charge in [0.2, 0.25) is 0 Å². The molecule has 1 N–H and O–H groups in total. The van der Waals surface area contributed by atoms with Gasteiger partial charge in [0.05, 0.1) is 17.3 Å². The minimum atomic E-state index is 0.651. The molecule has 0 aliphatic heterocycles. The first-order valence-corrected chi connectivity index (χ1v) is 5.91. The van der Waals surface area contributed by atoms with E-state index in [1.54, 1.807) is 29.5 Å². The van der Waals surface area contributed by atoms with Gasteiger partial charge in [0.1, 0.15) is 0 Å². The minimum Gasteiger partial charge on any atom is -0.332 e. The number of benzene rings is 1. The zero-order chi connectivity index (χ0) is 12.3. The van der Waals surface area contributed by atoms with Gasteiger partial charge in [-0.2, -0.15) is 5.26 Å². The SMILES string of the molecule is C=Cc1nc(Nc2ccc(C#N)cc2)sc1C. The van der Waals surface area contributed by atoms with Crippen molar-refractivity contribution in [3.63, 3.8) is 0 Å². The van der Waals surface area contributed by atoms with Crippen LogP contribution >= 0.6 is 11.3 Å². The van der Waals surface area contributed by atoms with Gasteiger partial charge in [-0.05, 0) is 37.3 Å². The van der Waals surface area contributed by atoms with Gasteiger partial charge in [0, 0.05) is 10.6 Å². The van der Waals surface area contributed by atoms with Gasteiger partial charge in [-0.3, -0.25) is 0 Å². The molecule has 0 bridgehead atoms. The van der Waals surface area contributed by atoms with Crippen molar-refractivity contribution in [2.24, 2.45) is 0 Å². The fourth-order valence-electron chi connectivity index (χ4n) is 1.40. The number of nitrogens with one attached hydrogen (secondary N) is 1. The van der Waals surface area contributed by atoms with E-state index >= 15 is 0 Å². The molecule has 1 heterocycles. The Morgan fingerprint density at radius 2 is 2.12 bits per heavy atom. The van der Waals surface area contributed by atoms with Crippen LogP contribution in [-0.4, -0.2) is 4.98 Å². The normalized spacial score (nSPS) is 9.65. The van der Waals surface area contributed by atoms with E-state index in [9.17, 15) is 0 Å². The molecule has 84 valence electrons. The Morgan fingerprint density at radius 3 is 2.65 bits per heavy atom. The number of anilines is 2. The summed E-state index contributed by atoms with van der Waals surface area (Å²) < 4.78 is 0. The quantitative estimate of drug-likeness (QED) is 0.891. The lowest BCUT2D eigenvalue weighted by Crippen LogP contribution is -1.89. The molecule has 0 aliphatic rings. The molecule has 2 aromatic rings. The zero-order valence-electron chi connectivity index (χ0n) is 9.40. The number of rotatable bonds is 3. The number of aryl methyl sites for hydroxylation is 1. The molecule has 0 aliphatic carbocycles. The molecule has 0 radical (unpaired) electrons. The summed E-state index contributed by atoms with van der Waals surface area (Å²) in [7, 11) is 0. The summed E-state index contributed by atoms with van der Waals surface area (Å²) >= 11 is 1.59. The molecule has 17 heavy (non-hydrogen) atoms. The third-order valence-corrected chi connectivity index (χ3v) is 3.19. The van der Waals surface area contributed by atoms with Crippen molar-refractivity contribution in [2.75, 3.05) is 5.32 Å². The van der Waals surface area contributed by atoms with Gasteiger partial charge in [-0.25, -0.2) is 4.98 Å². The van der Waals surface area contributed by atoms with Crippen molar-refractivity contribution in [3.8, 4) is 6.07 Å². The Labute approximate surface area is 104 Å². The first-order valence-electron chi connectivity index (χ1n) is 5.10. The second-order valence-corrected chi connectivity index (χ2v) is 4.68. The van der Waals surface area contributed by atoms with Crippen LogP contribution in [0.3, 0.4) is 0 Å². The van der Waals surface area contributed by atoms with Crippen LogP contribution in [-0.2, 0) is 0 Å². The minimum absolute atomic E-state index is 0.651. The summed E-state index contributed by atoms with van der Waals surface area (Å²) in [5.41, 5.74) is 2.48. The maximum absolute atomic E-state index is 8.70. The number of aromatic nitrogens is 1.